The van der Waals surface area contributed by atoms with Gasteiger partial charge in [-0.1, -0.05) is 11.6 Å². The lowest BCUT2D eigenvalue weighted by atomic mass is 10.2. The Morgan fingerprint density at radius 2 is 1.83 bits per heavy atom. The van der Waals surface area contributed by atoms with Gasteiger partial charge in [-0.25, -0.2) is 0 Å². The Balaban J connectivity index is 2.11. The fraction of sp³-hybridized carbons (Fsp3) is 0.235. The number of nitrogens with one attached hydrogen (secondary N) is 1. The number of amides is 1. The van der Waals surface area contributed by atoms with Crippen LogP contribution in [0.4, 0.5) is 5.69 Å². The zero-order chi connectivity index (χ0) is 17.7. The molecular formula is C17H17BrClNO4. The quantitative estimate of drug-likeness (QED) is 0.755. The summed E-state index contributed by atoms with van der Waals surface area (Å²) in [5, 5.41) is 3.35. The molecule has 7 heteroatoms. The first-order chi connectivity index (χ1) is 11.4. The van der Waals surface area contributed by atoms with Gasteiger partial charge in [-0.15, -0.1) is 0 Å². The molecule has 2 aromatic rings. The highest BCUT2D eigenvalue weighted by Crippen LogP contribution is 2.31. The highest BCUT2D eigenvalue weighted by Gasteiger charge is 2.18. The molecule has 0 heterocycles. The second kappa shape index (κ2) is 8.26. The summed E-state index contributed by atoms with van der Waals surface area (Å²) in [6.45, 7) is 1.66. The lowest BCUT2D eigenvalue weighted by Crippen LogP contribution is -2.30. The Hall–Kier alpha value is -1.92. The van der Waals surface area contributed by atoms with Crippen molar-refractivity contribution in [3.05, 3.63) is 45.9 Å². The minimum Gasteiger partial charge on any atom is -0.497 e. The molecule has 0 fully saturated rings. The second-order valence-corrected chi connectivity index (χ2v) is 6.18. The van der Waals surface area contributed by atoms with Crippen LogP contribution in [-0.2, 0) is 4.79 Å². The van der Waals surface area contributed by atoms with E-state index in [4.69, 9.17) is 25.8 Å². The van der Waals surface area contributed by atoms with E-state index in [0.29, 0.717) is 32.4 Å². The summed E-state index contributed by atoms with van der Waals surface area (Å²) in [4.78, 5) is 12.4. The molecule has 2 rings (SSSR count). The van der Waals surface area contributed by atoms with Crippen molar-refractivity contribution in [2.24, 2.45) is 0 Å². The lowest BCUT2D eigenvalue weighted by Gasteiger charge is -2.17. The molecule has 0 aromatic heterocycles. The molecule has 0 aliphatic heterocycles. The summed E-state index contributed by atoms with van der Waals surface area (Å²) < 4.78 is 16.8. The molecule has 1 amide bonds. The van der Waals surface area contributed by atoms with Gasteiger partial charge in [0.1, 0.15) is 17.2 Å². The molecule has 1 unspecified atom stereocenters. The van der Waals surface area contributed by atoms with Gasteiger partial charge >= 0.3 is 0 Å². The Kier molecular flexibility index (Phi) is 6.34. The summed E-state index contributed by atoms with van der Waals surface area (Å²) in [5.41, 5.74) is 0.507. The molecule has 0 aliphatic carbocycles. The third-order valence-electron chi connectivity index (χ3n) is 3.23. The van der Waals surface area contributed by atoms with E-state index in [1.54, 1.807) is 50.4 Å². The van der Waals surface area contributed by atoms with Gasteiger partial charge in [0.05, 0.1) is 24.4 Å². The second-order valence-electron chi connectivity index (χ2n) is 4.89. The number of anilines is 1. The van der Waals surface area contributed by atoms with Crippen LogP contribution in [0.25, 0.3) is 0 Å². The van der Waals surface area contributed by atoms with E-state index in [9.17, 15) is 4.79 Å². The Morgan fingerprint density at radius 3 is 2.46 bits per heavy atom. The Morgan fingerprint density at radius 1 is 1.12 bits per heavy atom. The van der Waals surface area contributed by atoms with E-state index in [1.807, 2.05) is 0 Å². The van der Waals surface area contributed by atoms with Crippen molar-refractivity contribution in [1.82, 2.24) is 0 Å². The summed E-state index contributed by atoms with van der Waals surface area (Å²) in [6.07, 6.45) is -0.724. The van der Waals surface area contributed by atoms with Crippen molar-refractivity contribution in [3.8, 4) is 17.2 Å². The van der Waals surface area contributed by atoms with Crippen LogP contribution in [0.1, 0.15) is 6.92 Å². The predicted molar refractivity (Wildman–Crippen MR) is 97.4 cm³/mol. The van der Waals surface area contributed by atoms with Crippen LogP contribution in [0.3, 0.4) is 0 Å². The van der Waals surface area contributed by atoms with E-state index in [2.05, 4.69) is 21.2 Å². The van der Waals surface area contributed by atoms with E-state index in [0.717, 1.165) is 0 Å². The zero-order valence-corrected chi connectivity index (χ0v) is 15.8. The summed E-state index contributed by atoms with van der Waals surface area (Å²) in [5.74, 6) is 1.35. The summed E-state index contributed by atoms with van der Waals surface area (Å²) in [7, 11) is 3.08. The van der Waals surface area contributed by atoms with Crippen molar-refractivity contribution in [2.75, 3.05) is 19.5 Å². The largest absolute Gasteiger partial charge is 0.497 e. The number of halogens is 2. The van der Waals surface area contributed by atoms with Crippen LogP contribution < -0.4 is 19.5 Å². The molecule has 0 spiro atoms. The minimum absolute atomic E-state index is 0.316. The summed E-state index contributed by atoms with van der Waals surface area (Å²) in [6, 6.07) is 10.2. The van der Waals surface area contributed by atoms with Gasteiger partial charge in [-0.05, 0) is 53.2 Å². The van der Waals surface area contributed by atoms with Crippen molar-refractivity contribution < 1.29 is 19.0 Å². The van der Waals surface area contributed by atoms with Gasteiger partial charge in [-0.2, -0.15) is 0 Å². The fourth-order valence-electron chi connectivity index (χ4n) is 1.96. The minimum atomic E-state index is -0.724. The number of carbonyl (C=O) groups excluding carboxylic acids is 1. The standard InChI is InChI=1S/C17H17BrClNO4/c1-10(24-15-6-4-11(19)8-13(15)18)17(21)20-14-9-12(22-2)5-7-16(14)23-3/h4-10H,1-3H3,(H,20,21). The molecule has 1 N–H and O–H groups in total. The molecule has 0 radical (unpaired) electrons. The average Bonchev–Trinajstić information content (AvgIpc) is 2.57. The van der Waals surface area contributed by atoms with E-state index >= 15 is 0 Å². The smallest absolute Gasteiger partial charge is 0.265 e. The first-order valence-electron chi connectivity index (χ1n) is 7.09. The van der Waals surface area contributed by atoms with Crippen LogP contribution in [0.2, 0.25) is 5.02 Å². The highest BCUT2D eigenvalue weighted by atomic mass is 79.9. The van der Waals surface area contributed by atoms with Crippen LogP contribution in [-0.4, -0.2) is 26.2 Å². The van der Waals surface area contributed by atoms with Crippen LogP contribution in [0, 0.1) is 0 Å². The first-order valence-corrected chi connectivity index (χ1v) is 8.26. The predicted octanol–water partition coefficient (Wildman–Crippen LogP) is 4.53. The van der Waals surface area contributed by atoms with E-state index in [1.165, 1.54) is 7.11 Å². The maximum atomic E-state index is 12.4. The average molecular weight is 415 g/mol. The molecule has 128 valence electrons. The molecule has 0 bridgehead atoms. The van der Waals surface area contributed by atoms with E-state index < -0.39 is 6.10 Å². The van der Waals surface area contributed by atoms with Crippen molar-refractivity contribution in [3.63, 3.8) is 0 Å². The molecule has 0 aliphatic rings. The molecule has 2 aromatic carbocycles. The summed E-state index contributed by atoms with van der Waals surface area (Å²) >= 11 is 9.25. The van der Waals surface area contributed by atoms with Gasteiger partial charge in [0.2, 0.25) is 0 Å². The third kappa shape index (κ3) is 4.55. The van der Waals surface area contributed by atoms with Crippen molar-refractivity contribution in [2.45, 2.75) is 13.0 Å². The van der Waals surface area contributed by atoms with Crippen molar-refractivity contribution >= 4 is 39.1 Å². The molecule has 5 nitrogen and oxygen atoms in total. The number of ether oxygens (including phenoxy) is 3. The number of benzene rings is 2. The number of methoxy groups -OCH3 is 2. The maximum absolute atomic E-state index is 12.4. The number of rotatable bonds is 6. The Labute approximate surface area is 154 Å². The molecule has 0 saturated heterocycles. The topological polar surface area (TPSA) is 56.8 Å². The van der Waals surface area contributed by atoms with Gasteiger partial charge in [0.15, 0.2) is 6.10 Å². The van der Waals surface area contributed by atoms with Gasteiger partial charge in [0.25, 0.3) is 5.91 Å². The zero-order valence-electron chi connectivity index (χ0n) is 13.4. The molecule has 1 atom stereocenters. The van der Waals surface area contributed by atoms with Crippen LogP contribution in [0.15, 0.2) is 40.9 Å². The maximum Gasteiger partial charge on any atom is 0.265 e. The number of hydrogen-bond donors (Lipinski definition) is 1. The van der Waals surface area contributed by atoms with Gasteiger partial charge in [0, 0.05) is 11.1 Å². The van der Waals surface area contributed by atoms with Gasteiger partial charge in [-0.3, -0.25) is 4.79 Å². The first kappa shape index (κ1) is 18.4. The number of carbonyl (C=O) groups is 1. The molecule has 24 heavy (non-hydrogen) atoms. The normalized spacial score (nSPS) is 11.5. The number of hydrogen-bond acceptors (Lipinski definition) is 4. The fourth-order valence-corrected chi connectivity index (χ4v) is 2.74. The van der Waals surface area contributed by atoms with Crippen LogP contribution >= 0.6 is 27.5 Å². The third-order valence-corrected chi connectivity index (χ3v) is 4.09. The monoisotopic (exact) mass is 413 g/mol. The SMILES string of the molecule is COc1ccc(OC)c(NC(=O)C(C)Oc2ccc(Cl)cc2Br)c1. The van der Waals surface area contributed by atoms with Crippen molar-refractivity contribution in [1.29, 1.82) is 0 Å². The lowest BCUT2D eigenvalue weighted by molar-refractivity contribution is -0.122. The molecular weight excluding hydrogens is 398 g/mol. The van der Waals surface area contributed by atoms with Gasteiger partial charge < -0.3 is 19.5 Å². The Bertz CT molecular complexity index is 739. The van der Waals surface area contributed by atoms with Crippen LogP contribution in [0.5, 0.6) is 17.2 Å². The van der Waals surface area contributed by atoms with E-state index in [-0.39, 0.29) is 5.91 Å². The molecule has 0 saturated carbocycles. The highest BCUT2D eigenvalue weighted by molar-refractivity contribution is 9.10.